The number of ether oxygens (including phenoxy) is 1. The van der Waals surface area contributed by atoms with Gasteiger partial charge in [-0.15, -0.1) is 0 Å². The number of nitrogens with two attached hydrogens (primary N) is 1. The van der Waals surface area contributed by atoms with E-state index in [1.807, 2.05) is 25.3 Å². The number of nitrogens with zero attached hydrogens (tertiary/aromatic N) is 2. The average molecular weight is 303 g/mol. The van der Waals surface area contributed by atoms with Crippen molar-refractivity contribution in [2.75, 3.05) is 26.3 Å². The molecule has 0 atom stereocenters. The second-order valence-corrected chi connectivity index (χ2v) is 6.29. The smallest absolute Gasteiger partial charge is 0.244 e. The van der Waals surface area contributed by atoms with Crippen LogP contribution in [-0.4, -0.2) is 43.6 Å². The van der Waals surface area contributed by atoms with Crippen molar-refractivity contribution in [3.8, 4) is 0 Å². The van der Waals surface area contributed by atoms with Gasteiger partial charge in [0.25, 0.3) is 0 Å². The third-order valence-corrected chi connectivity index (χ3v) is 5.13. The van der Waals surface area contributed by atoms with Crippen LogP contribution < -0.4 is 5.73 Å². The second-order valence-electron chi connectivity index (χ2n) is 4.35. The van der Waals surface area contributed by atoms with Crippen LogP contribution in [0.3, 0.4) is 0 Å². The molecular formula is C13H25N3O3S. The average Bonchev–Trinajstić information content (AvgIpc) is 2.87. The minimum atomic E-state index is -3.48. The lowest BCUT2D eigenvalue weighted by atomic mass is 10.4. The zero-order valence-corrected chi connectivity index (χ0v) is 13.3. The summed E-state index contributed by atoms with van der Waals surface area (Å²) in [5.41, 5.74) is 6.47. The summed E-state index contributed by atoms with van der Waals surface area (Å²) >= 11 is 0. The molecule has 0 aliphatic rings. The van der Waals surface area contributed by atoms with Crippen molar-refractivity contribution in [1.29, 1.82) is 0 Å². The molecule has 0 spiro atoms. The van der Waals surface area contributed by atoms with E-state index in [-0.39, 0.29) is 0 Å². The largest absolute Gasteiger partial charge is 0.380 e. The summed E-state index contributed by atoms with van der Waals surface area (Å²) in [4.78, 5) is 0.304. The van der Waals surface area contributed by atoms with Crippen molar-refractivity contribution in [3.63, 3.8) is 0 Å². The van der Waals surface area contributed by atoms with Gasteiger partial charge >= 0.3 is 0 Å². The molecule has 0 unspecified atom stereocenters. The molecule has 0 radical (unpaired) electrons. The van der Waals surface area contributed by atoms with Crippen LogP contribution in [0.2, 0.25) is 0 Å². The van der Waals surface area contributed by atoms with Crippen LogP contribution in [-0.2, 0) is 27.8 Å². The monoisotopic (exact) mass is 303 g/mol. The van der Waals surface area contributed by atoms with Gasteiger partial charge in [0.15, 0.2) is 0 Å². The van der Waals surface area contributed by atoms with Crippen LogP contribution in [0.4, 0.5) is 0 Å². The first-order valence-corrected chi connectivity index (χ1v) is 8.42. The van der Waals surface area contributed by atoms with Gasteiger partial charge in [0.05, 0.1) is 6.61 Å². The molecule has 7 heteroatoms. The molecule has 0 fully saturated rings. The minimum absolute atomic E-state index is 0.304. The number of rotatable bonds is 9. The predicted molar refractivity (Wildman–Crippen MR) is 78.9 cm³/mol. The van der Waals surface area contributed by atoms with Gasteiger partial charge in [0.2, 0.25) is 10.0 Å². The Morgan fingerprint density at radius 1 is 1.35 bits per heavy atom. The topological polar surface area (TPSA) is 77.6 Å². The van der Waals surface area contributed by atoms with Gasteiger partial charge in [-0.1, -0.05) is 6.92 Å². The van der Waals surface area contributed by atoms with Crippen LogP contribution in [0.25, 0.3) is 0 Å². The Balaban J connectivity index is 2.98. The van der Waals surface area contributed by atoms with E-state index in [2.05, 4.69) is 0 Å². The molecule has 1 rings (SSSR count). The summed E-state index contributed by atoms with van der Waals surface area (Å²) < 4.78 is 33.7. The summed E-state index contributed by atoms with van der Waals surface area (Å²) in [6, 6.07) is 1.65. The number of sulfonamides is 1. The third-order valence-electron chi connectivity index (χ3n) is 3.19. The van der Waals surface area contributed by atoms with Crippen molar-refractivity contribution in [2.45, 2.75) is 38.8 Å². The van der Waals surface area contributed by atoms with E-state index < -0.39 is 10.0 Å². The Bertz CT molecular complexity index is 489. The van der Waals surface area contributed by atoms with Crippen LogP contribution in [0, 0.1) is 0 Å². The van der Waals surface area contributed by atoms with Crippen LogP contribution >= 0.6 is 0 Å². The highest BCUT2D eigenvalue weighted by molar-refractivity contribution is 7.89. The molecule has 0 saturated carbocycles. The van der Waals surface area contributed by atoms with E-state index in [1.165, 1.54) is 4.31 Å². The quantitative estimate of drug-likeness (QED) is 0.691. The van der Waals surface area contributed by atoms with Crippen molar-refractivity contribution in [2.24, 2.45) is 5.73 Å². The highest BCUT2D eigenvalue weighted by Crippen LogP contribution is 2.19. The second kappa shape index (κ2) is 7.78. The zero-order valence-electron chi connectivity index (χ0n) is 12.5. The van der Waals surface area contributed by atoms with Crippen LogP contribution in [0.15, 0.2) is 17.2 Å². The maximum absolute atomic E-state index is 12.6. The maximum atomic E-state index is 12.6. The first-order chi connectivity index (χ1) is 9.51. The molecule has 0 aliphatic carbocycles. The summed E-state index contributed by atoms with van der Waals surface area (Å²) in [5.74, 6) is 0. The molecule has 1 heterocycles. The Morgan fingerprint density at radius 3 is 2.50 bits per heavy atom. The Hall–Kier alpha value is -0.890. The van der Waals surface area contributed by atoms with Crippen molar-refractivity contribution in [1.82, 2.24) is 8.87 Å². The van der Waals surface area contributed by atoms with Gasteiger partial charge in [-0.2, -0.15) is 4.31 Å². The highest BCUT2D eigenvalue weighted by Gasteiger charge is 2.24. The summed E-state index contributed by atoms with van der Waals surface area (Å²) in [5, 5.41) is 0. The van der Waals surface area contributed by atoms with Gasteiger partial charge in [-0.3, -0.25) is 0 Å². The Kier molecular flexibility index (Phi) is 6.67. The maximum Gasteiger partial charge on any atom is 0.244 e. The normalized spacial score (nSPS) is 12.2. The molecule has 0 saturated heterocycles. The third kappa shape index (κ3) is 3.82. The molecule has 0 aromatic carbocycles. The molecule has 2 N–H and O–H groups in total. The van der Waals surface area contributed by atoms with Crippen molar-refractivity contribution in [3.05, 3.63) is 18.0 Å². The number of hydrogen-bond donors (Lipinski definition) is 1. The summed E-state index contributed by atoms with van der Waals surface area (Å²) in [6.45, 7) is 8.48. The van der Waals surface area contributed by atoms with Gasteiger partial charge in [-0.25, -0.2) is 8.42 Å². The fraction of sp³-hybridized carbons (Fsp3) is 0.692. The van der Waals surface area contributed by atoms with E-state index in [0.29, 0.717) is 44.3 Å². The predicted octanol–water partition coefficient (Wildman–Crippen LogP) is 1.01. The van der Waals surface area contributed by atoms with Gasteiger partial charge in [-0.05, 0) is 19.9 Å². The number of aryl methyl sites for hydroxylation is 1. The Labute approximate surface area is 121 Å². The molecule has 0 bridgehead atoms. The first kappa shape index (κ1) is 17.2. The van der Waals surface area contributed by atoms with Crippen LogP contribution in [0.5, 0.6) is 0 Å². The molecule has 0 amide bonds. The SMILES string of the molecule is CCOCCN(CC)S(=O)(=O)c1cc(CN)n(CC)c1. The fourth-order valence-electron chi connectivity index (χ4n) is 2.04. The summed E-state index contributed by atoms with van der Waals surface area (Å²) in [6.07, 6.45) is 1.65. The molecule has 20 heavy (non-hydrogen) atoms. The first-order valence-electron chi connectivity index (χ1n) is 6.98. The molecule has 1 aromatic heterocycles. The standard InChI is InChI=1S/C13H25N3O3S/c1-4-15-11-13(9-12(15)10-14)20(17,18)16(5-2)7-8-19-6-3/h9,11H,4-8,10,14H2,1-3H3. The van der Waals surface area contributed by atoms with Crippen molar-refractivity contribution >= 4 is 10.0 Å². The van der Waals surface area contributed by atoms with Crippen molar-refractivity contribution < 1.29 is 13.2 Å². The van der Waals surface area contributed by atoms with E-state index in [9.17, 15) is 8.42 Å². The molecular weight excluding hydrogens is 278 g/mol. The van der Waals surface area contributed by atoms with Gasteiger partial charge in [0, 0.05) is 44.7 Å². The molecule has 1 aromatic rings. The summed E-state index contributed by atoms with van der Waals surface area (Å²) in [7, 11) is -3.48. The van der Waals surface area contributed by atoms with Crippen LogP contribution in [0.1, 0.15) is 26.5 Å². The van der Waals surface area contributed by atoms with Gasteiger partial charge < -0.3 is 15.0 Å². The Morgan fingerprint density at radius 2 is 2.05 bits per heavy atom. The van der Waals surface area contributed by atoms with E-state index in [0.717, 1.165) is 5.69 Å². The highest BCUT2D eigenvalue weighted by atomic mass is 32.2. The molecule has 0 aliphatic heterocycles. The van der Waals surface area contributed by atoms with E-state index in [1.54, 1.807) is 12.3 Å². The molecule has 6 nitrogen and oxygen atoms in total. The lowest BCUT2D eigenvalue weighted by molar-refractivity contribution is 0.135. The molecule has 116 valence electrons. The minimum Gasteiger partial charge on any atom is -0.380 e. The zero-order chi connectivity index (χ0) is 15.2. The number of hydrogen-bond acceptors (Lipinski definition) is 4. The number of likely N-dealkylation sites (N-methyl/N-ethyl adjacent to an activating group) is 1. The van der Waals surface area contributed by atoms with E-state index in [4.69, 9.17) is 10.5 Å². The number of aromatic nitrogens is 1. The fourth-order valence-corrected chi connectivity index (χ4v) is 3.54. The lowest BCUT2D eigenvalue weighted by Gasteiger charge is -2.19. The van der Waals surface area contributed by atoms with Gasteiger partial charge in [0.1, 0.15) is 4.90 Å². The van der Waals surface area contributed by atoms with E-state index >= 15 is 0 Å². The lowest BCUT2D eigenvalue weighted by Crippen LogP contribution is -2.33.